The Morgan fingerprint density at radius 3 is 2.75 bits per heavy atom. The second-order valence-corrected chi connectivity index (χ2v) is 4.43. The molecule has 1 heterocycles. The van der Waals surface area contributed by atoms with Gasteiger partial charge < -0.3 is 14.6 Å². The highest BCUT2D eigenvalue weighted by atomic mass is 16.5. The summed E-state index contributed by atoms with van der Waals surface area (Å²) in [5.41, 5.74) is 1.92. The highest BCUT2D eigenvalue weighted by Crippen LogP contribution is 2.13. The zero-order valence-electron chi connectivity index (χ0n) is 11.5. The minimum atomic E-state index is -0.386. The number of imidazole rings is 1. The number of para-hydroxylation sites is 2. The van der Waals surface area contributed by atoms with Gasteiger partial charge in [-0.2, -0.15) is 0 Å². The lowest BCUT2D eigenvalue weighted by atomic mass is 10.3. The third-order valence-corrected chi connectivity index (χ3v) is 3.11. The summed E-state index contributed by atoms with van der Waals surface area (Å²) in [4.78, 5) is 27.0. The van der Waals surface area contributed by atoms with Crippen molar-refractivity contribution >= 4 is 22.9 Å². The first kappa shape index (κ1) is 14.0. The van der Waals surface area contributed by atoms with Gasteiger partial charge in [0.15, 0.2) is 0 Å². The van der Waals surface area contributed by atoms with E-state index in [4.69, 9.17) is 0 Å². The topological polar surface area (TPSA) is 73.2 Å². The van der Waals surface area contributed by atoms with Gasteiger partial charge in [0.2, 0.25) is 5.91 Å². The SMILES string of the molecule is COC(=O)CCC(=O)NCc1nc2ccccc2n1C. The minimum absolute atomic E-state index is 0.0882. The molecule has 2 rings (SSSR count). The quantitative estimate of drug-likeness (QED) is 0.831. The highest BCUT2D eigenvalue weighted by Gasteiger charge is 2.10. The number of hydrogen-bond donors (Lipinski definition) is 1. The maximum atomic E-state index is 11.6. The van der Waals surface area contributed by atoms with Gasteiger partial charge in [0.25, 0.3) is 0 Å². The molecule has 0 atom stereocenters. The van der Waals surface area contributed by atoms with Crippen molar-refractivity contribution in [1.29, 1.82) is 0 Å². The van der Waals surface area contributed by atoms with Crippen LogP contribution in [0.15, 0.2) is 24.3 Å². The van der Waals surface area contributed by atoms with Crippen molar-refractivity contribution in [3.8, 4) is 0 Å². The molecule has 0 fully saturated rings. The number of ether oxygens (including phenoxy) is 1. The van der Waals surface area contributed by atoms with E-state index in [-0.39, 0.29) is 24.7 Å². The molecule has 1 aromatic heterocycles. The molecule has 20 heavy (non-hydrogen) atoms. The van der Waals surface area contributed by atoms with Gasteiger partial charge in [-0.3, -0.25) is 9.59 Å². The van der Waals surface area contributed by atoms with E-state index in [2.05, 4.69) is 15.0 Å². The van der Waals surface area contributed by atoms with E-state index in [0.29, 0.717) is 6.54 Å². The van der Waals surface area contributed by atoms with Gasteiger partial charge in [0.05, 0.1) is 31.1 Å². The molecule has 106 valence electrons. The molecular weight excluding hydrogens is 258 g/mol. The first-order valence-electron chi connectivity index (χ1n) is 6.35. The van der Waals surface area contributed by atoms with Crippen molar-refractivity contribution in [2.24, 2.45) is 7.05 Å². The van der Waals surface area contributed by atoms with Crippen molar-refractivity contribution in [3.63, 3.8) is 0 Å². The van der Waals surface area contributed by atoms with Gasteiger partial charge in [-0.25, -0.2) is 4.98 Å². The summed E-state index contributed by atoms with van der Waals surface area (Å²) in [7, 11) is 3.21. The number of methoxy groups -OCH3 is 1. The maximum Gasteiger partial charge on any atom is 0.306 e. The monoisotopic (exact) mass is 275 g/mol. The molecular formula is C14H17N3O3. The molecule has 0 aliphatic rings. The van der Waals surface area contributed by atoms with Crippen molar-refractivity contribution in [2.75, 3.05) is 7.11 Å². The van der Waals surface area contributed by atoms with E-state index in [1.54, 1.807) is 0 Å². The molecule has 0 radical (unpaired) electrons. The molecule has 1 amide bonds. The minimum Gasteiger partial charge on any atom is -0.469 e. The van der Waals surface area contributed by atoms with E-state index >= 15 is 0 Å². The number of aromatic nitrogens is 2. The predicted octanol–water partition coefficient (Wildman–Crippen LogP) is 1.14. The molecule has 6 heteroatoms. The molecule has 0 saturated heterocycles. The Hall–Kier alpha value is -2.37. The van der Waals surface area contributed by atoms with Crippen LogP contribution in [0.5, 0.6) is 0 Å². The van der Waals surface area contributed by atoms with Gasteiger partial charge in [-0.15, -0.1) is 0 Å². The highest BCUT2D eigenvalue weighted by molar-refractivity contribution is 5.81. The van der Waals surface area contributed by atoms with Crippen LogP contribution in [0.2, 0.25) is 0 Å². The number of aryl methyl sites for hydroxylation is 1. The van der Waals surface area contributed by atoms with Crippen LogP contribution in [0.3, 0.4) is 0 Å². The predicted molar refractivity (Wildman–Crippen MR) is 73.8 cm³/mol. The van der Waals surface area contributed by atoms with Crippen LogP contribution in [0.4, 0.5) is 0 Å². The number of carbonyl (C=O) groups is 2. The largest absolute Gasteiger partial charge is 0.469 e. The van der Waals surface area contributed by atoms with E-state index in [9.17, 15) is 9.59 Å². The lowest BCUT2D eigenvalue weighted by Crippen LogP contribution is -2.24. The number of benzene rings is 1. The Bertz CT molecular complexity index is 634. The van der Waals surface area contributed by atoms with Gasteiger partial charge in [-0.1, -0.05) is 12.1 Å². The Morgan fingerprint density at radius 1 is 1.30 bits per heavy atom. The first-order valence-corrected chi connectivity index (χ1v) is 6.35. The van der Waals surface area contributed by atoms with E-state index in [0.717, 1.165) is 16.9 Å². The van der Waals surface area contributed by atoms with Gasteiger partial charge in [0, 0.05) is 13.5 Å². The second kappa shape index (κ2) is 6.18. The van der Waals surface area contributed by atoms with Crippen LogP contribution in [0.1, 0.15) is 18.7 Å². The molecule has 0 unspecified atom stereocenters. The van der Waals surface area contributed by atoms with Gasteiger partial charge in [0.1, 0.15) is 5.82 Å². The summed E-state index contributed by atoms with van der Waals surface area (Å²) >= 11 is 0. The third kappa shape index (κ3) is 3.14. The maximum absolute atomic E-state index is 11.6. The van der Waals surface area contributed by atoms with Crippen molar-refractivity contribution < 1.29 is 14.3 Å². The lowest BCUT2D eigenvalue weighted by molar-refractivity contribution is -0.142. The zero-order chi connectivity index (χ0) is 14.5. The Balaban J connectivity index is 1.94. The number of nitrogens with one attached hydrogen (secondary N) is 1. The summed E-state index contributed by atoms with van der Waals surface area (Å²) in [6.07, 6.45) is 0.210. The number of esters is 1. The second-order valence-electron chi connectivity index (χ2n) is 4.43. The van der Waals surface area contributed by atoms with Gasteiger partial charge in [-0.05, 0) is 12.1 Å². The summed E-state index contributed by atoms with van der Waals surface area (Å²) in [6.45, 7) is 0.338. The van der Waals surface area contributed by atoms with Crippen molar-refractivity contribution in [1.82, 2.24) is 14.9 Å². The van der Waals surface area contributed by atoms with Crippen molar-refractivity contribution in [2.45, 2.75) is 19.4 Å². The molecule has 0 saturated carbocycles. The summed E-state index contributed by atoms with van der Waals surface area (Å²) in [5.74, 6) is 0.197. The number of carbonyl (C=O) groups excluding carboxylic acids is 2. The standard InChI is InChI=1S/C14H17N3O3/c1-17-11-6-4-3-5-10(11)16-12(17)9-15-13(18)7-8-14(19)20-2/h3-6H,7-9H2,1-2H3,(H,15,18). The third-order valence-electron chi connectivity index (χ3n) is 3.11. The Labute approximate surface area is 116 Å². The fraction of sp³-hybridized carbons (Fsp3) is 0.357. The van der Waals surface area contributed by atoms with E-state index in [1.165, 1.54) is 7.11 Å². The van der Waals surface area contributed by atoms with Crippen LogP contribution < -0.4 is 5.32 Å². The summed E-state index contributed by atoms with van der Waals surface area (Å²) in [5, 5.41) is 2.75. The van der Waals surface area contributed by atoms with Gasteiger partial charge >= 0.3 is 5.97 Å². The molecule has 1 aromatic carbocycles. The fourth-order valence-corrected chi connectivity index (χ4v) is 1.94. The molecule has 0 spiro atoms. The van der Waals surface area contributed by atoms with Crippen LogP contribution in [0.25, 0.3) is 11.0 Å². The Kier molecular flexibility index (Phi) is 4.34. The first-order chi connectivity index (χ1) is 9.61. The van der Waals surface area contributed by atoms with Crippen LogP contribution >= 0.6 is 0 Å². The van der Waals surface area contributed by atoms with Crippen LogP contribution in [0, 0.1) is 0 Å². The van der Waals surface area contributed by atoms with E-state index in [1.807, 2.05) is 35.9 Å². The number of hydrogen-bond acceptors (Lipinski definition) is 4. The fourth-order valence-electron chi connectivity index (χ4n) is 1.94. The number of fused-ring (bicyclic) bond motifs is 1. The smallest absolute Gasteiger partial charge is 0.306 e. The molecule has 0 bridgehead atoms. The number of nitrogens with zero attached hydrogens (tertiary/aromatic N) is 2. The average molecular weight is 275 g/mol. The lowest BCUT2D eigenvalue weighted by Gasteiger charge is -2.05. The van der Waals surface area contributed by atoms with Crippen LogP contribution in [-0.2, 0) is 27.9 Å². The summed E-state index contributed by atoms with van der Waals surface area (Å²) < 4.78 is 6.43. The summed E-state index contributed by atoms with van der Waals surface area (Å²) in [6, 6.07) is 7.78. The molecule has 6 nitrogen and oxygen atoms in total. The zero-order valence-corrected chi connectivity index (χ0v) is 11.5. The number of rotatable bonds is 5. The van der Waals surface area contributed by atoms with Crippen LogP contribution in [-0.4, -0.2) is 28.5 Å². The normalized spacial score (nSPS) is 10.5. The molecule has 0 aliphatic carbocycles. The number of amides is 1. The molecule has 0 aliphatic heterocycles. The van der Waals surface area contributed by atoms with E-state index < -0.39 is 0 Å². The van der Waals surface area contributed by atoms with Crippen molar-refractivity contribution in [3.05, 3.63) is 30.1 Å². The average Bonchev–Trinajstić information content (AvgIpc) is 2.79. The Morgan fingerprint density at radius 2 is 2.05 bits per heavy atom. The molecule has 1 N–H and O–H groups in total. The molecule has 2 aromatic rings.